The van der Waals surface area contributed by atoms with E-state index in [1.165, 1.54) is 6.42 Å². The summed E-state index contributed by atoms with van der Waals surface area (Å²) in [6, 6.07) is 4.86. The number of carbonyl (C=O) groups excluding carboxylic acids is 2. The standard InChI is InChI=1S/C18H25N3O3/c22-16(17(23)20-13-7-2-1-3-8-13)15-10-6-12-21(15)18(24)14-9-4-5-11-19-14/h4-5,9,11,13,15-16,22H,1-3,6-8,10,12H2,(H,20,23). The molecule has 0 aromatic carbocycles. The zero-order valence-electron chi connectivity index (χ0n) is 13.9. The van der Waals surface area contributed by atoms with Crippen molar-refractivity contribution in [2.45, 2.75) is 63.1 Å². The highest BCUT2D eigenvalue weighted by molar-refractivity contribution is 5.93. The van der Waals surface area contributed by atoms with Gasteiger partial charge in [0.1, 0.15) is 5.69 Å². The average Bonchev–Trinajstić information content (AvgIpc) is 3.11. The Labute approximate surface area is 142 Å². The maximum Gasteiger partial charge on any atom is 0.272 e. The molecule has 2 atom stereocenters. The molecule has 1 saturated carbocycles. The van der Waals surface area contributed by atoms with Gasteiger partial charge in [0.2, 0.25) is 0 Å². The zero-order valence-corrected chi connectivity index (χ0v) is 13.9. The van der Waals surface area contributed by atoms with E-state index in [2.05, 4.69) is 10.3 Å². The van der Waals surface area contributed by atoms with Crippen LogP contribution in [0.2, 0.25) is 0 Å². The Hall–Kier alpha value is -1.95. The molecule has 3 rings (SSSR count). The van der Waals surface area contributed by atoms with E-state index in [-0.39, 0.29) is 17.9 Å². The molecule has 6 heteroatoms. The normalized spacial score (nSPS) is 23.0. The van der Waals surface area contributed by atoms with Crippen LogP contribution in [0.15, 0.2) is 24.4 Å². The van der Waals surface area contributed by atoms with Crippen LogP contribution in [0.3, 0.4) is 0 Å². The number of nitrogens with zero attached hydrogens (tertiary/aromatic N) is 2. The Balaban J connectivity index is 1.63. The molecule has 0 radical (unpaired) electrons. The first-order chi connectivity index (χ1) is 11.7. The second-order valence-corrected chi connectivity index (χ2v) is 6.71. The molecule has 1 aromatic heterocycles. The molecule has 2 amide bonds. The van der Waals surface area contributed by atoms with Gasteiger partial charge in [-0.25, -0.2) is 0 Å². The van der Waals surface area contributed by atoms with E-state index in [9.17, 15) is 14.7 Å². The first-order valence-corrected chi connectivity index (χ1v) is 8.87. The minimum atomic E-state index is -1.18. The van der Waals surface area contributed by atoms with Crippen LogP contribution in [-0.2, 0) is 4.79 Å². The van der Waals surface area contributed by atoms with Crippen LogP contribution >= 0.6 is 0 Å². The van der Waals surface area contributed by atoms with Gasteiger partial charge in [0.15, 0.2) is 6.10 Å². The van der Waals surface area contributed by atoms with Gasteiger partial charge in [-0.3, -0.25) is 14.6 Å². The fraction of sp³-hybridized carbons (Fsp3) is 0.611. The fourth-order valence-corrected chi connectivity index (χ4v) is 3.72. The van der Waals surface area contributed by atoms with Crippen molar-refractivity contribution in [1.29, 1.82) is 0 Å². The molecular weight excluding hydrogens is 306 g/mol. The number of likely N-dealkylation sites (tertiary alicyclic amines) is 1. The SMILES string of the molecule is O=C(NC1CCCCC1)C(O)C1CCCN1C(=O)c1ccccn1. The molecule has 2 unspecified atom stereocenters. The number of aliphatic hydroxyl groups excluding tert-OH is 1. The highest BCUT2D eigenvalue weighted by atomic mass is 16.3. The van der Waals surface area contributed by atoms with Gasteiger partial charge in [0.05, 0.1) is 6.04 Å². The lowest BCUT2D eigenvalue weighted by atomic mass is 9.95. The Morgan fingerprint density at radius 2 is 1.96 bits per heavy atom. The van der Waals surface area contributed by atoms with Crippen LogP contribution in [0.1, 0.15) is 55.4 Å². The molecule has 2 aliphatic rings. The lowest BCUT2D eigenvalue weighted by Crippen LogP contribution is -2.52. The van der Waals surface area contributed by atoms with Crippen LogP contribution in [0.25, 0.3) is 0 Å². The van der Waals surface area contributed by atoms with Gasteiger partial charge in [0, 0.05) is 18.8 Å². The van der Waals surface area contributed by atoms with Gasteiger partial charge in [-0.1, -0.05) is 25.3 Å². The van der Waals surface area contributed by atoms with Crippen LogP contribution in [0, 0.1) is 0 Å². The third kappa shape index (κ3) is 3.75. The van der Waals surface area contributed by atoms with Gasteiger partial charge < -0.3 is 15.3 Å². The predicted octanol–water partition coefficient (Wildman–Crippen LogP) is 1.50. The number of hydrogen-bond donors (Lipinski definition) is 2. The molecule has 0 spiro atoms. The van der Waals surface area contributed by atoms with E-state index in [1.807, 2.05) is 0 Å². The van der Waals surface area contributed by atoms with Crippen LogP contribution in [0.4, 0.5) is 0 Å². The van der Waals surface area contributed by atoms with Crippen molar-refractivity contribution in [3.05, 3.63) is 30.1 Å². The quantitative estimate of drug-likeness (QED) is 0.876. The summed E-state index contributed by atoms with van der Waals surface area (Å²) in [4.78, 5) is 30.7. The van der Waals surface area contributed by atoms with E-state index in [1.54, 1.807) is 29.3 Å². The first-order valence-electron chi connectivity index (χ1n) is 8.87. The van der Waals surface area contributed by atoms with E-state index >= 15 is 0 Å². The molecule has 1 aliphatic heterocycles. The molecule has 130 valence electrons. The minimum absolute atomic E-state index is 0.155. The van der Waals surface area contributed by atoms with Crippen molar-refractivity contribution in [2.75, 3.05) is 6.54 Å². The van der Waals surface area contributed by atoms with Crippen molar-refractivity contribution >= 4 is 11.8 Å². The molecule has 1 aromatic rings. The van der Waals surface area contributed by atoms with Gasteiger partial charge in [-0.05, 0) is 37.8 Å². The highest BCUT2D eigenvalue weighted by Gasteiger charge is 2.38. The maximum absolute atomic E-state index is 12.6. The smallest absolute Gasteiger partial charge is 0.272 e. The first kappa shape index (κ1) is 16.9. The van der Waals surface area contributed by atoms with Crippen molar-refractivity contribution in [1.82, 2.24) is 15.2 Å². The Morgan fingerprint density at radius 3 is 2.67 bits per heavy atom. The molecule has 6 nitrogen and oxygen atoms in total. The lowest BCUT2D eigenvalue weighted by molar-refractivity contribution is -0.132. The topological polar surface area (TPSA) is 82.5 Å². The molecule has 2 heterocycles. The van der Waals surface area contributed by atoms with E-state index in [0.717, 1.165) is 32.1 Å². The number of hydrogen-bond acceptors (Lipinski definition) is 4. The Morgan fingerprint density at radius 1 is 1.17 bits per heavy atom. The molecular formula is C18H25N3O3. The van der Waals surface area contributed by atoms with Crippen molar-refractivity contribution < 1.29 is 14.7 Å². The molecule has 1 saturated heterocycles. The Bertz CT molecular complexity index is 572. The summed E-state index contributed by atoms with van der Waals surface area (Å²) in [5.74, 6) is -0.574. The third-order valence-electron chi connectivity index (χ3n) is 5.03. The second-order valence-electron chi connectivity index (χ2n) is 6.71. The largest absolute Gasteiger partial charge is 0.381 e. The van der Waals surface area contributed by atoms with Crippen molar-refractivity contribution in [3.8, 4) is 0 Å². The monoisotopic (exact) mass is 331 g/mol. The number of nitrogens with one attached hydrogen (secondary N) is 1. The summed E-state index contributed by atoms with van der Waals surface area (Å²) in [6.07, 6.45) is 7.22. The number of aliphatic hydroxyl groups is 1. The predicted molar refractivity (Wildman–Crippen MR) is 89.3 cm³/mol. The van der Waals surface area contributed by atoms with Gasteiger partial charge >= 0.3 is 0 Å². The number of amides is 2. The molecule has 1 aliphatic carbocycles. The summed E-state index contributed by atoms with van der Waals surface area (Å²) in [6.45, 7) is 0.549. The number of pyridine rings is 1. The summed E-state index contributed by atoms with van der Waals surface area (Å²) in [7, 11) is 0. The van der Waals surface area contributed by atoms with Crippen molar-refractivity contribution in [2.24, 2.45) is 0 Å². The average molecular weight is 331 g/mol. The fourth-order valence-electron chi connectivity index (χ4n) is 3.72. The van der Waals surface area contributed by atoms with Gasteiger partial charge in [-0.15, -0.1) is 0 Å². The summed E-state index contributed by atoms with van der Waals surface area (Å²) in [5.41, 5.74) is 0.351. The number of carbonyl (C=O) groups is 2. The molecule has 0 bridgehead atoms. The lowest BCUT2D eigenvalue weighted by Gasteiger charge is -2.30. The second kappa shape index (κ2) is 7.75. The van der Waals surface area contributed by atoms with Crippen LogP contribution < -0.4 is 5.32 Å². The van der Waals surface area contributed by atoms with Crippen LogP contribution in [-0.4, -0.2) is 51.5 Å². The highest BCUT2D eigenvalue weighted by Crippen LogP contribution is 2.23. The maximum atomic E-state index is 12.6. The van der Waals surface area contributed by atoms with Crippen LogP contribution in [0.5, 0.6) is 0 Å². The molecule has 2 fully saturated rings. The van der Waals surface area contributed by atoms with Gasteiger partial charge in [-0.2, -0.15) is 0 Å². The van der Waals surface area contributed by atoms with E-state index in [4.69, 9.17) is 0 Å². The third-order valence-corrected chi connectivity index (χ3v) is 5.03. The van der Waals surface area contributed by atoms with Crippen molar-refractivity contribution in [3.63, 3.8) is 0 Å². The van der Waals surface area contributed by atoms with Gasteiger partial charge in [0.25, 0.3) is 11.8 Å². The zero-order chi connectivity index (χ0) is 16.9. The molecule has 2 N–H and O–H groups in total. The Kier molecular flexibility index (Phi) is 5.45. The summed E-state index contributed by atoms with van der Waals surface area (Å²) < 4.78 is 0. The minimum Gasteiger partial charge on any atom is -0.381 e. The summed E-state index contributed by atoms with van der Waals surface area (Å²) >= 11 is 0. The van der Waals surface area contributed by atoms with E-state index in [0.29, 0.717) is 18.7 Å². The molecule has 24 heavy (non-hydrogen) atoms. The number of rotatable bonds is 4. The summed E-state index contributed by atoms with van der Waals surface area (Å²) in [5, 5.41) is 13.4. The number of aromatic nitrogens is 1. The van der Waals surface area contributed by atoms with E-state index < -0.39 is 12.1 Å².